The number of rotatable bonds is 9. The molecule has 0 atom stereocenters. The van der Waals surface area contributed by atoms with Crippen molar-refractivity contribution < 1.29 is 13.2 Å². The molecule has 0 saturated heterocycles. The summed E-state index contributed by atoms with van der Waals surface area (Å²) < 4.78 is 27.4. The highest BCUT2D eigenvalue weighted by molar-refractivity contribution is 7.99. The molecule has 0 spiro atoms. The number of hydrogen-bond acceptors (Lipinski definition) is 4. The van der Waals surface area contributed by atoms with E-state index in [-0.39, 0.29) is 17.3 Å². The molecule has 0 saturated carbocycles. The van der Waals surface area contributed by atoms with Crippen molar-refractivity contribution in [2.24, 2.45) is 0 Å². The second kappa shape index (κ2) is 10.5. The summed E-state index contributed by atoms with van der Waals surface area (Å²) in [5.74, 6) is 0.306. The van der Waals surface area contributed by atoms with Crippen molar-refractivity contribution in [1.82, 2.24) is 5.32 Å². The van der Waals surface area contributed by atoms with Crippen molar-refractivity contribution >= 4 is 45.0 Å². The van der Waals surface area contributed by atoms with Crippen molar-refractivity contribution in [1.29, 1.82) is 0 Å². The Kier molecular flexibility index (Phi) is 7.79. The van der Waals surface area contributed by atoms with Crippen LogP contribution in [0.15, 0.2) is 94.7 Å². The van der Waals surface area contributed by atoms with Gasteiger partial charge in [0.2, 0.25) is 5.91 Å². The number of anilines is 1. The van der Waals surface area contributed by atoms with Gasteiger partial charge in [0.05, 0.1) is 10.6 Å². The lowest BCUT2D eigenvalue weighted by atomic mass is 10.3. The summed E-state index contributed by atoms with van der Waals surface area (Å²) in [4.78, 5) is 13.8. The van der Waals surface area contributed by atoms with E-state index in [0.29, 0.717) is 23.0 Å². The molecule has 156 valence electrons. The van der Waals surface area contributed by atoms with Crippen LogP contribution in [0.3, 0.4) is 0 Å². The van der Waals surface area contributed by atoms with Gasteiger partial charge in [-0.05, 0) is 48.5 Å². The summed E-state index contributed by atoms with van der Waals surface area (Å²) in [5, 5.41) is 3.28. The quantitative estimate of drug-likeness (QED) is 0.378. The number of halogens is 1. The first-order chi connectivity index (χ1) is 14.5. The molecular formula is C22H21ClN2O3S2. The van der Waals surface area contributed by atoms with E-state index < -0.39 is 10.0 Å². The lowest BCUT2D eigenvalue weighted by Crippen LogP contribution is -2.41. The average Bonchev–Trinajstić information content (AvgIpc) is 2.77. The molecule has 0 fully saturated rings. The van der Waals surface area contributed by atoms with Gasteiger partial charge in [0.15, 0.2) is 0 Å². The summed E-state index contributed by atoms with van der Waals surface area (Å²) in [6.45, 7) is 0.104. The topological polar surface area (TPSA) is 66.5 Å². The number of amides is 1. The minimum absolute atomic E-state index is 0.118. The SMILES string of the molecule is O=C(CN(c1ccc(Cl)cc1)S(=O)(=O)c1ccccc1)NCCSc1ccccc1. The Hall–Kier alpha value is -2.48. The normalized spacial score (nSPS) is 11.1. The molecule has 0 aliphatic carbocycles. The maximum atomic E-state index is 13.2. The third-order valence-corrected chi connectivity index (χ3v) is 7.22. The van der Waals surface area contributed by atoms with E-state index >= 15 is 0 Å². The maximum absolute atomic E-state index is 13.2. The first-order valence-electron chi connectivity index (χ1n) is 9.25. The van der Waals surface area contributed by atoms with E-state index in [4.69, 9.17) is 11.6 Å². The van der Waals surface area contributed by atoms with Crippen molar-refractivity contribution in [3.8, 4) is 0 Å². The Morgan fingerprint density at radius 2 is 1.50 bits per heavy atom. The molecule has 3 aromatic carbocycles. The molecule has 3 aromatic rings. The van der Waals surface area contributed by atoms with Crippen LogP contribution in [0.5, 0.6) is 0 Å². The molecule has 3 rings (SSSR count). The number of hydrogen-bond donors (Lipinski definition) is 1. The van der Waals surface area contributed by atoms with Crippen LogP contribution in [0, 0.1) is 0 Å². The largest absolute Gasteiger partial charge is 0.354 e. The summed E-state index contributed by atoms with van der Waals surface area (Å²) in [6.07, 6.45) is 0. The fraction of sp³-hybridized carbons (Fsp3) is 0.136. The molecule has 1 N–H and O–H groups in total. The van der Waals surface area contributed by atoms with Crippen LogP contribution in [0.2, 0.25) is 5.02 Å². The molecule has 0 heterocycles. The van der Waals surface area contributed by atoms with Crippen LogP contribution < -0.4 is 9.62 Å². The third kappa shape index (κ3) is 6.01. The second-order valence-corrected chi connectivity index (χ2v) is 9.78. The van der Waals surface area contributed by atoms with E-state index in [1.54, 1.807) is 54.2 Å². The van der Waals surface area contributed by atoms with Crippen molar-refractivity contribution in [2.45, 2.75) is 9.79 Å². The zero-order valence-electron chi connectivity index (χ0n) is 16.1. The van der Waals surface area contributed by atoms with E-state index in [1.807, 2.05) is 30.3 Å². The molecule has 0 bridgehead atoms. The van der Waals surface area contributed by atoms with Gasteiger partial charge < -0.3 is 5.32 Å². The number of carbonyl (C=O) groups excluding carboxylic acids is 1. The van der Waals surface area contributed by atoms with Gasteiger partial charge in [-0.1, -0.05) is 48.0 Å². The number of benzene rings is 3. The smallest absolute Gasteiger partial charge is 0.264 e. The van der Waals surface area contributed by atoms with Crippen LogP contribution in [0.25, 0.3) is 0 Å². The summed E-state index contributed by atoms with van der Waals surface area (Å²) >= 11 is 7.56. The lowest BCUT2D eigenvalue weighted by Gasteiger charge is -2.24. The molecule has 8 heteroatoms. The van der Waals surface area contributed by atoms with Gasteiger partial charge in [-0.2, -0.15) is 0 Å². The molecule has 0 aliphatic rings. The van der Waals surface area contributed by atoms with Gasteiger partial charge in [-0.3, -0.25) is 9.10 Å². The number of sulfonamides is 1. The highest BCUT2D eigenvalue weighted by atomic mass is 35.5. The Labute approximate surface area is 186 Å². The minimum atomic E-state index is -3.91. The van der Waals surface area contributed by atoms with Crippen LogP contribution in [0.4, 0.5) is 5.69 Å². The van der Waals surface area contributed by atoms with Gasteiger partial charge in [-0.15, -0.1) is 11.8 Å². The van der Waals surface area contributed by atoms with Gasteiger partial charge >= 0.3 is 0 Å². The Bertz CT molecular complexity index is 1060. The monoisotopic (exact) mass is 460 g/mol. The molecule has 0 radical (unpaired) electrons. The maximum Gasteiger partial charge on any atom is 0.264 e. The van der Waals surface area contributed by atoms with Crippen LogP contribution in [-0.4, -0.2) is 33.2 Å². The van der Waals surface area contributed by atoms with Gasteiger partial charge in [0.25, 0.3) is 10.0 Å². The number of nitrogens with zero attached hydrogens (tertiary/aromatic N) is 1. The van der Waals surface area contributed by atoms with Crippen molar-refractivity contribution in [3.63, 3.8) is 0 Å². The van der Waals surface area contributed by atoms with E-state index in [1.165, 1.54) is 12.1 Å². The van der Waals surface area contributed by atoms with Crippen LogP contribution in [-0.2, 0) is 14.8 Å². The predicted octanol–water partition coefficient (Wildman–Crippen LogP) is 4.44. The van der Waals surface area contributed by atoms with Gasteiger partial charge in [0, 0.05) is 22.2 Å². The Morgan fingerprint density at radius 3 is 2.13 bits per heavy atom. The van der Waals surface area contributed by atoms with E-state index in [2.05, 4.69) is 5.32 Å². The van der Waals surface area contributed by atoms with Gasteiger partial charge in [0.1, 0.15) is 6.54 Å². The summed E-state index contributed by atoms with van der Waals surface area (Å²) in [7, 11) is -3.91. The van der Waals surface area contributed by atoms with Crippen molar-refractivity contribution in [3.05, 3.63) is 90.0 Å². The highest BCUT2D eigenvalue weighted by Crippen LogP contribution is 2.25. The highest BCUT2D eigenvalue weighted by Gasteiger charge is 2.26. The first kappa shape index (κ1) is 22.2. The predicted molar refractivity (Wildman–Crippen MR) is 123 cm³/mol. The number of nitrogens with one attached hydrogen (secondary N) is 1. The van der Waals surface area contributed by atoms with Crippen molar-refractivity contribution in [2.75, 3.05) is 23.1 Å². The summed E-state index contributed by atoms with van der Waals surface area (Å²) in [6, 6.07) is 24.3. The van der Waals surface area contributed by atoms with E-state index in [0.717, 1.165) is 9.20 Å². The van der Waals surface area contributed by atoms with Crippen LogP contribution in [0.1, 0.15) is 0 Å². The standard InChI is InChI=1S/C22H21ClN2O3S2/c23-18-11-13-19(14-12-18)25(30(27,28)21-9-5-2-6-10-21)17-22(26)24-15-16-29-20-7-3-1-4-8-20/h1-14H,15-17H2,(H,24,26). The second-order valence-electron chi connectivity index (χ2n) is 6.31. The first-order valence-corrected chi connectivity index (χ1v) is 12.0. The Morgan fingerprint density at radius 1 is 0.900 bits per heavy atom. The molecule has 1 amide bonds. The molecular weight excluding hydrogens is 440 g/mol. The average molecular weight is 461 g/mol. The Balaban J connectivity index is 1.69. The number of thioether (sulfide) groups is 1. The third-order valence-electron chi connectivity index (χ3n) is 4.17. The van der Waals surface area contributed by atoms with E-state index in [9.17, 15) is 13.2 Å². The molecule has 30 heavy (non-hydrogen) atoms. The fourth-order valence-electron chi connectivity index (χ4n) is 2.70. The zero-order valence-corrected chi connectivity index (χ0v) is 18.5. The number of carbonyl (C=O) groups is 1. The lowest BCUT2D eigenvalue weighted by molar-refractivity contribution is -0.119. The molecule has 5 nitrogen and oxygen atoms in total. The molecule has 0 unspecified atom stereocenters. The molecule has 0 aliphatic heterocycles. The summed E-state index contributed by atoms with van der Waals surface area (Å²) in [5.41, 5.74) is 0.372. The minimum Gasteiger partial charge on any atom is -0.354 e. The fourth-order valence-corrected chi connectivity index (χ4v) is 5.06. The molecule has 0 aromatic heterocycles. The van der Waals surface area contributed by atoms with Gasteiger partial charge in [-0.25, -0.2) is 8.42 Å². The zero-order chi connectivity index (χ0) is 21.4. The van der Waals surface area contributed by atoms with Crippen LogP contribution >= 0.6 is 23.4 Å².